The van der Waals surface area contributed by atoms with Crippen LogP contribution in [-0.2, 0) is 9.53 Å². The molecule has 7 heteroatoms. The van der Waals surface area contributed by atoms with Crippen molar-refractivity contribution >= 4 is 12.0 Å². The number of carbonyl (C=O) groups excluding carboxylic acids is 2. The number of carbonyl (C=O) groups is 2. The first-order valence-corrected chi connectivity index (χ1v) is 8.54. The first kappa shape index (κ1) is 19.6. The van der Waals surface area contributed by atoms with Crippen LogP contribution in [0.1, 0.15) is 38.8 Å². The average molecular weight is 362 g/mol. The first-order valence-electron chi connectivity index (χ1n) is 8.54. The fraction of sp³-hybridized carbons (Fsp3) is 0.474. The number of urea groups is 1. The van der Waals surface area contributed by atoms with Crippen molar-refractivity contribution in [2.24, 2.45) is 5.92 Å². The number of hydrogen-bond donors (Lipinski definition) is 2. The number of esters is 1. The molecule has 0 saturated carbocycles. The van der Waals surface area contributed by atoms with Gasteiger partial charge in [0, 0.05) is 11.3 Å². The molecule has 7 nitrogen and oxygen atoms in total. The number of methoxy groups -OCH3 is 2. The van der Waals surface area contributed by atoms with Crippen molar-refractivity contribution in [3.05, 3.63) is 35.0 Å². The van der Waals surface area contributed by atoms with Crippen LogP contribution >= 0.6 is 0 Å². The Kier molecular flexibility index (Phi) is 6.49. The van der Waals surface area contributed by atoms with Gasteiger partial charge in [-0.3, -0.25) is 0 Å². The summed E-state index contributed by atoms with van der Waals surface area (Å²) in [6.45, 7) is 6.12. The van der Waals surface area contributed by atoms with E-state index in [0.717, 1.165) is 6.42 Å². The maximum atomic E-state index is 12.7. The number of nitrogens with one attached hydrogen (secondary N) is 2. The van der Waals surface area contributed by atoms with Crippen LogP contribution in [-0.4, -0.2) is 32.8 Å². The molecular formula is C19H26N2O5. The third-order valence-corrected chi connectivity index (χ3v) is 4.17. The van der Waals surface area contributed by atoms with Crippen LogP contribution in [0.15, 0.2) is 29.5 Å². The predicted octanol–water partition coefficient (Wildman–Crippen LogP) is 2.92. The predicted molar refractivity (Wildman–Crippen MR) is 97.1 cm³/mol. The Labute approximate surface area is 153 Å². The highest BCUT2D eigenvalue weighted by atomic mass is 16.5. The van der Waals surface area contributed by atoms with Crippen molar-refractivity contribution in [1.29, 1.82) is 0 Å². The molecule has 1 aromatic rings. The summed E-state index contributed by atoms with van der Waals surface area (Å²) in [5, 5.41) is 5.41. The zero-order valence-corrected chi connectivity index (χ0v) is 15.8. The second-order valence-corrected chi connectivity index (χ2v) is 6.50. The minimum atomic E-state index is -0.694. The van der Waals surface area contributed by atoms with E-state index < -0.39 is 18.0 Å². The summed E-state index contributed by atoms with van der Waals surface area (Å²) in [6.07, 6.45) is 0.769. The van der Waals surface area contributed by atoms with Crippen molar-refractivity contribution in [1.82, 2.24) is 10.6 Å². The van der Waals surface area contributed by atoms with Crippen LogP contribution in [0.4, 0.5) is 4.79 Å². The molecule has 1 aliphatic rings. The van der Waals surface area contributed by atoms with Gasteiger partial charge in [-0.1, -0.05) is 13.8 Å². The number of rotatable bonds is 7. The van der Waals surface area contributed by atoms with Crippen LogP contribution in [0.5, 0.6) is 11.5 Å². The van der Waals surface area contributed by atoms with Gasteiger partial charge in [-0.2, -0.15) is 0 Å². The highest BCUT2D eigenvalue weighted by Crippen LogP contribution is 2.35. The van der Waals surface area contributed by atoms with Crippen molar-refractivity contribution in [2.75, 3.05) is 20.8 Å². The summed E-state index contributed by atoms with van der Waals surface area (Å²) < 4.78 is 16.1. The number of ether oxygens (including phenoxy) is 3. The molecule has 0 aromatic heterocycles. The Bertz CT molecular complexity index is 712. The molecule has 0 fully saturated rings. The van der Waals surface area contributed by atoms with E-state index in [1.807, 2.05) is 0 Å². The number of allylic oxidation sites excluding steroid dienone is 1. The van der Waals surface area contributed by atoms with Crippen LogP contribution in [0, 0.1) is 5.92 Å². The number of amides is 2. The van der Waals surface area contributed by atoms with Gasteiger partial charge in [-0.25, -0.2) is 9.59 Å². The summed E-state index contributed by atoms with van der Waals surface area (Å²) in [6, 6.07) is 4.14. The average Bonchev–Trinajstić information content (AvgIpc) is 2.59. The molecule has 1 aromatic carbocycles. The molecule has 1 unspecified atom stereocenters. The van der Waals surface area contributed by atoms with Crippen molar-refractivity contribution in [2.45, 2.75) is 33.2 Å². The quantitative estimate of drug-likeness (QED) is 0.729. The van der Waals surface area contributed by atoms with Gasteiger partial charge >= 0.3 is 12.0 Å². The maximum Gasteiger partial charge on any atom is 0.338 e. The molecular weight excluding hydrogens is 336 g/mol. The van der Waals surface area contributed by atoms with Gasteiger partial charge in [-0.15, -0.1) is 0 Å². The largest absolute Gasteiger partial charge is 0.497 e. The van der Waals surface area contributed by atoms with E-state index in [-0.39, 0.29) is 0 Å². The number of hydrogen-bond acceptors (Lipinski definition) is 5. The van der Waals surface area contributed by atoms with E-state index in [9.17, 15) is 9.59 Å². The molecule has 2 amide bonds. The second kappa shape index (κ2) is 8.60. The Hall–Kier alpha value is -2.70. The van der Waals surface area contributed by atoms with Crippen LogP contribution in [0.2, 0.25) is 0 Å². The van der Waals surface area contributed by atoms with Crippen LogP contribution < -0.4 is 20.1 Å². The molecule has 1 aliphatic heterocycles. The Balaban J connectivity index is 2.39. The molecule has 1 atom stereocenters. The van der Waals surface area contributed by atoms with Crippen molar-refractivity contribution in [3.63, 3.8) is 0 Å². The van der Waals surface area contributed by atoms with E-state index in [0.29, 0.717) is 40.9 Å². The monoisotopic (exact) mass is 362 g/mol. The Morgan fingerprint density at radius 3 is 2.58 bits per heavy atom. The summed E-state index contributed by atoms with van der Waals surface area (Å²) in [5.41, 5.74) is 1.43. The maximum absolute atomic E-state index is 12.7. The lowest BCUT2D eigenvalue weighted by Gasteiger charge is -2.29. The lowest BCUT2D eigenvalue weighted by Crippen LogP contribution is -2.45. The zero-order valence-electron chi connectivity index (χ0n) is 15.8. The Morgan fingerprint density at radius 2 is 1.96 bits per heavy atom. The highest BCUT2D eigenvalue weighted by molar-refractivity contribution is 5.95. The first-order chi connectivity index (χ1) is 12.4. The normalized spacial score (nSPS) is 16.8. The number of benzene rings is 1. The van der Waals surface area contributed by atoms with Crippen molar-refractivity contribution in [3.8, 4) is 11.5 Å². The zero-order chi connectivity index (χ0) is 19.3. The molecule has 142 valence electrons. The minimum absolute atomic E-state index is 0.323. The topological polar surface area (TPSA) is 85.9 Å². The lowest BCUT2D eigenvalue weighted by atomic mass is 9.94. The molecule has 1 heterocycles. The molecule has 2 rings (SSSR count). The van der Waals surface area contributed by atoms with Crippen LogP contribution in [0.25, 0.3) is 0 Å². The summed E-state index contributed by atoms with van der Waals surface area (Å²) >= 11 is 0. The van der Waals surface area contributed by atoms with Gasteiger partial charge in [0.25, 0.3) is 0 Å². The summed E-state index contributed by atoms with van der Waals surface area (Å²) in [7, 11) is 3.08. The standard InChI is InChI=1S/C19H26N2O5/c1-11(2)8-9-26-18(22)16-12(3)20-19(23)21-17(16)14-10-13(24-4)6-7-15(14)25-5/h6-7,10-11,17H,8-9H2,1-5H3,(H2,20,21,23). The molecule has 2 N–H and O–H groups in total. The van der Waals surface area contributed by atoms with Gasteiger partial charge in [0.1, 0.15) is 11.5 Å². The van der Waals surface area contributed by atoms with Gasteiger partial charge in [0.05, 0.1) is 32.4 Å². The fourth-order valence-electron chi connectivity index (χ4n) is 2.73. The SMILES string of the molecule is COc1ccc(OC)c(C2NC(=O)NC(C)=C2C(=O)OCCC(C)C)c1. The second-order valence-electron chi connectivity index (χ2n) is 6.50. The van der Waals surface area contributed by atoms with Gasteiger partial charge in [0.2, 0.25) is 0 Å². The van der Waals surface area contributed by atoms with E-state index in [2.05, 4.69) is 24.5 Å². The van der Waals surface area contributed by atoms with E-state index >= 15 is 0 Å². The van der Waals surface area contributed by atoms with Crippen LogP contribution in [0.3, 0.4) is 0 Å². The highest BCUT2D eigenvalue weighted by Gasteiger charge is 2.34. The Morgan fingerprint density at radius 1 is 1.23 bits per heavy atom. The third kappa shape index (κ3) is 4.47. The lowest BCUT2D eigenvalue weighted by molar-refractivity contribution is -0.139. The van der Waals surface area contributed by atoms with Gasteiger partial charge in [-0.05, 0) is 37.5 Å². The molecule has 0 bridgehead atoms. The van der Waals surface area contributed by atoms with E-state index in [1.54, 1.807) is 32.2 Å². The van der Waals surface area contributed by atoms with Crippen molar-refractivity contribution < 1.29 is 23.8 Å². The van der Waals surface area contributed by atoms with Gasteiger partial charge < -0.3 is 24.8 Å². The van der Waals surface area contributed by atoms with Gasteiger partial charge in [0.15, 0.2) is 0 Å². The van der Waals surface area contributed by atoms with E-state index in [4.69, 9.17) is 14.2 Å². The molecule has 0 aliphatic carbocycles. The minimum Gasteiger partial charge on any atom is -0.497 e. The van der Waals surface area contributed by atoms with E-state index in [1.165, 1.54) is 7.11 Å². The smallest absolute Gasteiger partial charge is 0.338 e. The summed E-state index contributed by atoms with van der Waals surface area (Å²) in [5.74, 6) is 1.10. The molecule has 0 radical (unpaired) electrons. The third-order valence-electron chi connectivity index (χ3n) is 4.17. The molecule has 0 saturated heterocycles. The summed E-state index contributed by atoms with van der Waals surface area (Å²) in [4.78, 5) is 24.7. The molecule has 0 spiro atoms. The fourth-order valence-corrected chi connectivity index (χ4v) is 2.73. The molecule has 26 heavy (non-hydrogen) atoms.